The lowest BCUT2D eigenvalue weighted by Gasteiger charge is -2.02. The van der Waals surface area contributed by atoms with Gasteiger partial charge in [0.15, 0.2) is 9.84 Å². The number of thiophene rings is 1. The van der Waals surface area contributed by atoms with Crippen molar-refractivity contribution in [3.63, 3.8) is 0 Å². The van der Waals surface area contributed by atoms with Gasteiger partial charge in [-0.05, 0) is 40.3 Å². The van der Waals surface area contributed by atoms with Crippen LogP contribution >= 0.6 is 11.3 Å². The van der Waals surface area contributed by atoms with Gasteiger partial charge in [0.1, 0.15) is 6.33 Å². The second kappa shape index (κ2) is 8.21. The van der Waals surface area contributed by atoms with Gasteiger partial charge in [-0.3, -0.25) is 4.57 Å². The van der Waals surface area contributed by atoms with E-state index in [0.717, 1.165) is 20.7 Å². The molecule has 0 aliphatic rings. The summed E-state index contributed by atoms with van der Waals surface area (Å²) in [7, 11) is -3.23. The van der Waals surface area contributed by atoms with Crippen LogP contribution < -0.4 is 11.4 Å². The van der Waals surface area contributed by atoms with Gasteiger partial charge in [-0.2, -0.15) is 5.10 Å². The highest BCUT2D eigenvalue weighted by Crippen LogP contribution is 2.27. The summed E-state index contributed by atoms with van der Waals surface area (Å²) in [4.78, 5) is 13.6. The van der Waals surface area contributed by atoms with E-state index in [1.54, 1.807) is 24.3 Å². The van der Waals surface area contributed by atoms with Crippen molar-refractivity contribution >= 4 is 21.2 Å². The van der Waals surface area contributed by atoms with Gasteiger partial charge in [0.2, 0.25) is 0 Å². The van der Waals surface area contributed by atoms with Crippen molar-refractivity contribution in [1.29, 1.82) is 0 Å². The molecule has 0 aliphatic heterocycles. The van der Waals surface area contributed by atoms with Crippen LogP contribution in [0.15, 0.2) is 63.6 Å². The van der Waals surface area contributed by atoms with E-state index in [1.165, 1.54) is 28.5 Å². The fourth-order valence-electron chi connectivity index (χ4n) is 2.60. The molecule has 2 heterocycles. The van der Waals surface area contributed by atoms with Crippen LogP contribution in [-0.4, -0.2) is 35.6 Å². The molecule has 0 unspecified atom stereocenters. The van der Waals surface area contributed by atoms with Crippen LogP contribution in [0.1, 0.15) is 4.88 Å². The Morgan fingerprint density at radius 1 is 1.29 bits per heavy atom. The average Bonchev–Trinajstić information content (AvgIpc) is 3.27. The van der Waals surface area contributed by atoms with Crippen molar-refractivity contribution in [2.24, 2.45) is 5.73 Å². The second-order valence-corrected chi connectivity index (χ2v) is 9.28. The molecule has 10 heteroatoms. The van der Waals surface area contributed by atoms with Gasteiger partial charge in [0, 0.05) is 17.7 Å². The van der Waals surface area contributed by atoms with Crippen molar-refractivity contribution < 1.29 is 12.8 Å². The molecule has 0 saturated carbocycles. The highest BCUT2D eigenvalue weighted by molar-refractivity contribution is 7.90. The smallest absolute Gasteiger partial charge is 0.327 e. The molecule has 0 saturated heterocycles. The molecule has 148 valence electrons. The lowest BCUT2D eigenvalue weighted by atomic mass is 10.1. The van der Waals surface area contributed by atoms with E-state index >= 15 is 0 Å². The number of hydrogen-bond acceptors (Lipinski definition) is 6. The molecule has 0 bridgehead atoms. The SMILES string of the molecule is CS(=O)(=O)c1ccc(-c2csc(Cn3cnn(C/C(=C/F)CN)c3=O)c2)cc1. The van der Waals surface area contributed by atoms with Gasteiger partial charge in [0.25, 0.3) is 0 Å². The average molecular weight is 423 g/mol. The maximum atomic E-state index is 12.7. The fraction of sp³-hybridized carbons (Fsp3) is 0.222. The van der Waals surface area contributed by atoms with Crippen molar-refractivity contribution in [2.75, 3.05) is 12.8 Å². The topological polar surface area (TPSA) is 100.0 Å². The molecule has 3 aromatic rings. The number of aromatic nitrogens is 3. The van der Waals surface area contributed by atoms with Crippen molar-refractivity contribution in [3.05, 3.63) is 69.3 Å². The molecule has 0 aliphatic carbocycles. The van der Waals surface area contributed by atoms with Crippen LogP contribution in [0, 0.1) is 0 Å². The predicted molar refractivity (Wildman–Crippen MR) is 107 cm³/mol. The van der Waals surface area contributed by atoms with Crippen LogP contribution in [0.4, 0.5) is 4.39 Å². The summed E-state index contributed by atoms with van der Waals surface area (Å²) in [6.45, 7) is 0.367. The largest absolute Gasteiger partial charge is 0.346 e. The highest BCUT2D eigenvalue weighted by Gasteiger charge is 2.11. The minimum Gasteiger partial charge on any atom is -0.327 e. The number of rotatable bonds is 7. The Bertz CT molecular complexity index is 1160. The summed E-state index contributed by atoms with van der Waals surface area (Å²) in [6.07, 6.45) is 2.98. The van der Waals surface area contributed by atoms with E-state index in [0.29, 0.717) is 12.9 Å². The molecular formula is C18H19FN4O3S2. The molecule has 0 amide bonds. The summed E-state index contributed by atoms with van der Waals surface area (Å²) in [6, 6.07) is 8.60. The quantitative estimate of drug-likeness (QED) is 0.628. The Balaban J connectivity index is 1.77. The van der Waals surface area contributed by atoms with E-state index < -0.39 is 9.84 Å². The number of benzene rings is 1. The third-order valence-corrected chi connectivity index (χ3v) is 6.21. The first-order valence-electron chi connectivity index (χ1n) is 8.30. The van der Waals surface area contributed by atoms with Gasteiger partial charge in [-0.25, -0.2) is 22.3 Å². The summed E-state index contributed by atoms with van der Waals surface area (Å²) >= 11 is 1.48. The van der Waals surface area contributed by atoms with Crippen molar-refractivity contribution in [3.8, 4) is 11.1 Å². The first-order chi connectivity index (χ1) is 13.3. The highest BCUT2D eigenvalue weighted by atomic mass is 32.2. The Morgan fingerprint density at radius 3 is 2.61 bits per heavy atom. The van der Waals surface area contributed by atoms with Crippen LogP contribution in [0.2, 0.25) is 0 Å². The minimum absolute atomic E-state index is 0.0151. The summed E-state index contributed by atoms with van der Waals surface area (Å²) in [5, 5.41) is 5.94. The number of nitrogens with zero attached hydrogens (tertiary/aromatic N) is 3. The Labute approximate surface area is 165 Å². The molecular weight excluding hydrogens is 403 g/mol. The number of halogens is 1. The zero-order valence-corrected chi connectivity index (χ0v) is 16.7. The second-order valence-electron chi connectivity index (χ2n) is 6.27. The van der Waals surface area contributed by atoms with Gasteiger partial charge in [0.05, 0.1) is 24.3 Å². The zero-order valence-electron chi connectivity index (χ0n) is 15.1. The van der Waals surface area contributed by atoms with Gasteiger partial charge in [-0.15, -0.1) is 11.3 Å². The predicted octanol–water partition coefficient (Wildman–Crippen LogP) is 2.04. The molecule has 0 spiro atoms. The van der Waals surface area contributed by atoms with Crippen LogP contribution in [0.5, 0.6) is 0 Å². The molecule has 0 radical (unpaired) electrons. The first kappa shape index (κ1) is 20.2. The lowest BCUT2D eigenvalue weighted by molar-refractivity contribution is 0.602. The van der Waals surface area contributed by atoms with Gasteiger partial charge >= 0.3 is 5.69 Å². The van der Waals surface area contributed by atoms with Crippen LogP contribution in [-0.2, 0) is 22.9 Å². The summed E-state index contributed by atoms with van der Waals surface area (Å²) < 4.78 is 38.4. The maximum Gasteiger partial charge on any atom is 0.346 e. The minimum atomic E-state index is -3.23. The Hall–Kier alpha value is -2.56. The molecule has 0 fully saturated rings. The summed E-state index contributed by atoms with van der Waals surface area (Å²) in [5.41, 5.74) is 7.17. The fourth-order valence-corrected chi connectivity index (χ4v) is 4.12. The van der Waals surface area contributed by atoms with Crippen LogP contribution in [0.3, 0.4) is 0 Å². The molecule has 28 heavy (non-hydrogen) atoms. The molecule has 0 atom stereocenters. The Kier molecular flexibility index (Phi) is 5.92. The third kappa shape index (κ3) is 4.46. The zero-order chi connectivity index (χ0) is 20.3. The maximum absolute atomic E-state index is 12.7. The van der Waals surface area contributed by atoms with E-state index in [2.05, 4.69) is 5.10 Å². The Morgan fingerprint density at radius 2 is 2.00 bits per heavy atom. The monoisotopic (exact) mass is 422 g/mol. The molecule has 2 N–H and O–H groups in total. The van der Waals surface area contributed by atoms with E-state index in [9.17, 15) is 17.6 Å². The van der Waals surface area contributed by atoms with E-state index in [-0.39, 0.29) is 29.2 Å². The number of sulfone groups is 1. The van der Waals surface area contributed by atoms with Gasteiger partial charge in [-0.1, -0.05) is 12.1 Å². The standard InChI is InChI=1S/C18H19FN4O3S2/c1-28(25,26)17-4-2-14(3-5-17)15-6-16(27-11-15)10-22-12-21-23(18(22)24)9-13(7-19)8-20/h2-7,11-12H,8-10,20H2,1H3/b13-7+. The van der Waals surface area contributed by atoms with Crippen molar-refractivity contribution in [2.45, 2.75) is 18.0 Å². The lowest BCUT2D eigenvalue weighted by Crippen LogP contribution is -2.26. The molecule has 1 aromatic carbocycles. The summed E-state index contributed by atoms with van der Waals surface area (Å²) in [5.74, 6) is 0. The first-order valence-corrected chi connectivity index (χ1v) is 11.1. The third-order valence-electron chi connectivity index (χ3n) is 4.16. The number of hydrogen-bond donors (Lipinski definition) is 1. The number of nitrogens with two attached hydrogens (primary N) is 1. The molecule has 3 rings (SSSR count). The van der Waals surface area contributed by atoms with Crippen LogP contribution in [0.25, 0.3) is 11.1 Å². The van der Waals surface area contributed by atoms with Crippen molar-refractivity contribution in [1.82, 2.24) is 14.3 Å². The normalized spacial score (nSPS) is 12.5. The van der Waals surface area contributed by atoms with E-state index in [1.807, 2.05) is 11.4 Å². The van der Waals surface area contributed by atoms with Gasteiger partial charge < -0.3 is 5.73 Å². The van der Waals surface area contributed by atoms with E-state index in [4.69, 9.17) is 5.73 Å². The molecule has 2 aromatic heterocycles. The molecule has 7 nitrogen and oxygen atoms in total.